The smallest absolute Gasteiger partial charge is 0.151 e. The minimum atomic E-state index is -0.968. The topological polar surface area (TPSA) is 37.3 Å². The Morgan fingerprint density at radius 2 is 1.93 bits per heavy atom. The van der Waals surface area contributed by atoms with Crippen molar-refractivity contribution >= 4 is 6.29 Å². The molecule has 2 heteroatoms. The lowest BCUT2D eigenvalue weighted by Crippen LogP contribution is -2.45. The third-order valence-corrected chi connectivity index (χ3v) is 5.58. The van der Waals surface area contributed by atoms with Crippen LogP contribution >= 0.6 is 0 Å². The summed E-state index contributed by atoms with van der Waals surface area (Å²) in [7, 11) is 0. The van der Waals surface area contributed by atoms with Crippen LogP contribution in [0.2, 0.25) is 0 Å². The molecule has 0 radical (unpaired) electrons. The lowest BCUT2D eigenvalue weighted by Gasteiger charge is -2.39. The van der Waals surface area contributed by atoms with Crippen LogP contribution in [0.15, 0.2) is 12.2 Å². The maximum atomic E-state index is 11.0. The quantitative estimate of drug-likeness (QED) is 0.398. The van der Waals surface area contributed by atoms with Crippen LogP contribution in [-0.2, 0) is 4.79 Å². The van der Waals surface area contributed by atoms with Gasteiger partial charge >= 0.3 is 0 Å². The van der Waals surface area contributed by atoms with E-state index in [-0.39, 0.29) is 5.92 Å². The van der Waals surface area contributed by atoms with E-state index in [1.165, 1.54) is 6.42 Å². The number of rotatable bonds is 1. The molecule has 4 aliphatic rings. The molecule has 4 bridgehead atoms. The zero-order chi connectivity index (χ0) is 10.2. The summed E-state index contributed by atoms with van der Waals surface area (Å²) in [5.41, 5.74) is -0.968. The van der Waals surface area contributed by atoms with Crippen molar-refractivity contribution in [2.24, 2.45) is 35.5 Å². The molecule has 0 aromatic heterocycles. The minimum absolute atomic E-state index is 0.268. The number of hydrogen-bond acceptors (Lipinski definition) is 2. The number of aliphatic hydroxyl groups is 1. The molecule has 0 spiro atoms. The first-order chi connectivity index (χ1) is 7.23. The fourth-order valence-electron chi connectivity index (χ4n) is 5.23. The minimum Gasteiger partial charge on any atom is -0.382 e. The molecule has 0 heterocycles. The molecular formula is C13H16O2. The third kappa shape index (κ3) is 0.804. The maximum absolute atomic E-state index is 11.0. The molecule has 7 unspecified atom stereocenters. The Bertz CT molecular complexity index is 362. The molecule has 4 aliphatic carbocycles. The van der Waals surface area contributed by atoms with E-state index in [0.29, 0.717) is 17.8 Å². The van der Waals surface area contributed by atoms with Crippen molar-refractivity contribution in [1.29, 1.82) is 0 Å². The molecule has 0 saturated heterocycles. The standard InChI is InChI=1S/C13H16O2/c14-6-13(15)5-9-4-10(13)12-8-2-1-7(3-8)11(9)12/h1-2,6-12,15H,3-5H2. The molecule has 80 valence electrons. The Morgan fingerprint density at radius 3 is 2.67 bits per heavy atom. The molecule has 3 fully saturated rings. The lowest BCUT2D eigenvalue weighted by molar-refractivity contribution is -0.133. The molecule has 7 atom stereocenters. The highest BCUT2D eigenvalue weighted by Crippen LogP contribution is 2.67. The van der Waals surface area contributed by atoms with Crippen LogP contribution in [0.5, 0.6) is 0 Å². The first-order valence-corrected chi connectivity index (χ1v) is 6.10. The second-order valence-electron chi connectivity index (χ2n) is 6.02. The monoisotopic (exact) mass is 204 g/mol. The molecule has 3 saturated carbocycles. The molecule has 0 aromatic carbocycles. The molecule has 0 aliphatic heterocycles. The average Bonchev–Trinajstić information content (AvgIpc) is 2.93. The predicted molar refractivity (Wildman–Crippen MR) is 54.9 cm³/mol. The van der Waals surface area contributed by atoms with Gasteiger partial charge in [0.1, 0.15) is 5.60 Å². The van der Waals surface area contributed by atoms with E-state index in [4.69, 9.17) is 0 Å². The summed E-state index contributed by atoms with van der Waals surface area (Å²) in [6.07, 6.45) is 8.66. The number of carbonyl (C=O) groups excluding carboxylic acids is 1. The van der Waals surface area contributed by atoms with Gasteiger partial charge in [-0.2, -0.15) is 0 Å². The Kier molecular flexibility index (Phi) is 1.35. The van der Waals surface area contributed by atoms with E-state index in [9.17, 15) is 9.90 Å². The Hall–Kier alpha value is -0.630. The summed E-state index contributed by atoms with van der Waals surface area (Å²) in [4.78, 5) is 11.0. The van der Waals surface area contributed by atoms with Crippen molar-refractivity contribution in [1.82, 2.24) is 0 Å². The fourth-order valence-corrected chi connectivity index (χ4v) is 5.23. The summed E-state index contributed by atoms with van der Waals surface area (Å²) in [6.45, 7) is 0. The molecule has 0 aromatic rings. The number of fused-ring (bicyclic) bond motifs is 9. The van der Waals surface area contributed by atoms with Crippen molar-refractivity contribution in [3.05, 3.63) is 12.2 Å². The van der Waals surface area contributed by atoms with Gasteiger partial charge in [0.15, 0.2) is 6.29 Å². The first-order valence-electron chi connectivity index (χ1n) is 6.10. The first kappa shape index (κ1) is 8.51. The summed E-state index contributed by atoms with van der Waals surface area (Å²) in [5.74, 6) is 3.74. The number of aldehydes is 1. The van der Waals surface area contributed by atoms with Gasteiger partial charge in [-0.1, -0.05) is 12.2 Å². The van der Waals surface area contributed by atoms with Gasteiger partial charge in [0.25, 0.3) is 0 Å². The largest absolute Gasteiger partial charge is 0.382 e. The number of carbonyl (C=O) groups is 1. The van der Waals surface area contributed by atoms with E-state index < -0.39 is 5.60 Å². The van der Waals surface area contributed by atoms with E-state index >= 15 is 0 Å². The van der Waals surface area contributed by atoms with Crippen molar-refractivity contribution in [3.8, 4) is 0 Å². The van der Waals surface area contributed by atoms with Gasteiger partial charge in [-0.25, -0.2) is 0 Å². The van der Waals surface area contributed by atoms with Crippen LogP contribution in [0.3, 0.4) is 0 Å². The summed E-state index contributed by atoms with van der Waals surface area (Å²) >= 11 is 0. The number of hydrogen-bond donors (Lipinski definition) is 1. The fraction of sp³-hybridized carbons (Fsp3) is 0.769. The summed E-state index contributed by atoms with van der Waals surface area (Å²) < 4.78 is 0. The third-order valence-electron chi connectivity index (χ3n) is 5.58. The molecule has 0 amide bonds. The second kappa shape index (κ2) is 2.37. The highest BCUT2D eigenvalue weighted by Gasteiger charge is 2.65. The zero-order valence-corrected chi connectivity index (χ0v) is 8.67. The highest BCUT2D eigenvalue weighted by molar-refractivity contribution is 5.64. The van der Waals surface area contributed by atoms with Crippen molar-refractivity contribution in [3.63, 3.8) is 0 Å². The van der Waals surface area contributed by atoms with Gasteiger partial charge in [0.05, 0.1) is 0 Å². The maximum Gasteiger partial charge on any atom is 0.151 e. The number of allylic oxidation sites excluding steroid dienone is 2. The van der Waals surface area contributed by atoms with Crippen molar-refractivity contribution in [2.75, 3.05) is 0 Å². The lowest BCUT2D eigenvalue weighted by atomic mass is 9.68. The van der Waals surface area contributed by atoms with Crippen LogP contribution < -0.4 is 0 Å². The van der Waals surface area contributed by atoms with Gasteiger partial charge in [-0.05, 0) is 54.8 Å². The Balaban J connectivity index is 1.77. The van der Waals surface area contributed by atoms with Gasteiger partial charge in [0.2, 0.25) is 0 Å². The predicted octanol–water partition coefficient (Wildman–Crippen LogP) is 1.39. The van der Waals surface area contributed by atoms with E-state index in [1.807, 2.05) is 0 Å². The van der Waals surface area contributed by atoms with Gasteiger partial charge in [0, 0.05) is 0 Å². The van der Waals surface area contributed by atoms with Gasteiger partial charge in [-0.15, -0.1) is 0 Å². The zero-order valence-electron chi connectivity index (χ0n) is 8.67. The van der Waals surface area contributed by atoms with Gasteiger partial charge < -0.3 is 9.90 Å². The van der Waals surface area contributed by atoms with E-state index in [2.05, 4.69) is 12.2 Å². The van der Waals surface area contributed by atoms with Crippen molar-refractivity contribution < 1.29 is 9.90 Å². The van der Waals surface area contributed by atoms with Crippen LogP contribution in [0, 0.1) is 35.5 Å². The normalized spacial score (nSPS) is 63.8. The van der Waals surface area contributed by atoms with E-state index in [1.54, 1.807) is 0 Å². The van der Waals surface area contributed by atoms with Crippen LogP contribution in [0.1, 0.15) is 19.3 Å². The van der Waals surface area contributed by atoms with Crippen LogP contribution in [-0.4, -0.2) is 17.0 Å². The molecule has 2 nitrogen and oxygen atoms in total. The van der Waals surface area contributed by atoms with Crippen LogP contribution in [0.4, 0.5) is 0 Å². The Morgan fingerprint density at radius 1 is 1.20 bits per heavy atom. The van der Waals surface area contributed by atoms with Crippen molar-refractivity contribution in [2.45, 2.75) is 24.9 Å². The van der Waals surface area contributed by atoms with Gasteiger partial charge in [-0.3, -0.25) is 0 Å². The molecular weight excluding hydrogens is 188 g/mol. The molecule has 15 heavy (non-hydrogen) atoms. The SMILES string of the molecule is O=CC1(O)CC2CC1C1C3C=CC(C3)C21. The molecule has 1 N–H and O–H groups in total. The molecule has 4 rings (SSSR count). The second-order valence-corrected chi connectivity index (χ2v) is 6.02. The average molecular weight is 204 g/mol. The van der Waals surface area contributed by atoms with Crippen LogP contribution in [0.25, 0.3) is 0 Å². The van der Waals surface area contributed by atoms with E-state index in [0.717, 1.165) is 31.0 Å². The highest BCUT2D eigenvalue weighted by atomic mass is 16.3. The summed E-state index contributed by atoms with van der Waals surface area (Å²) in [5, 5.41) is 10.3. The summed E-state index contributed by atoms with van der Waals surface area (Å²) in [6, 6.07) is 0. The Labute approximate surface area is 89.4 Å².